The van der Waals surface area contributed by atoms with Crippen LogP contribution in [0.2, 0.25) is 0 Å². The van der Waals surface area contributed by atoms with Crippen molar-refractivity contribution in [2.75, 3.05) is 13.1 Å². The standard InChI is InChI=1S/C75H135N17O17/c1-36(2)30-51(66(99)79-45(18)61(94)83-50(75(108)109)26-23-24-28-76)86-68(101)53(32-38(5)6)84-62(95)46(19)80-67(100)52(31-37(3)4)87-69(102)55(34-40(9)10)88-73(106)59(43(15)16)91-65(98)49(22)81-71(104)57-27-25-29-92(57)74(107)56(35-41(11)12)89-70(103)54(33-39(7)8)85-63(96)47(20)82-72(105)58(42(13)14)90-64(97)48(21)78-60(93)44(17)77/h36-59H,23-35,76-77H2,1-22H3,(H,78,93)(H,79,99)(H,80,100)(H,81,104)(H,82,105)(H,83,94)(H,84,95)(H,85,96)(H,86,101)(H,87,102)(H,88,106)(H,89,103)(H,90,97)(H,91,98)(H,108,109)/t44-,45-,46-,47-,48-,49-,50-,51-,52-,53-,54-,55-,56-,57-,58-,59-/m0/s1. The molecular formula is C75H135N17O17. The number of nitrogens with two attached hydrogens (primary N) is 2. The van der Waals surface area contributed by atoms with Crippen LogP contribution in [0.25, 0.3) is 0 Å². The SMILES string of the molecule is CC(C)C[C@H](NC(=O)[C@H](C)NC(=O)[C@H](CC(C)C)NC(=O)[C@H](CC(C)C)NC(=O)[C@@H](NC(=O)[C@H](C)NC(=O)[C@@H]1CCCN1C(=O)[C@H](CC(C)C)NC(=O)[C@H](CC(C)C)NC(=O)[C@H](C)NC(=O)[C@@H](NC(=O)[C@H](C)NC(=O)[C@H](C)N)C(C)C)C(C)C)C(=O)N[C@@H](CC(C)C)C(=O)N[C@@H](C)C(=O)N[C@@H](CCCCN)C(=O)O. The Morgan fingerprint density at radius 2 is 0.596 bits per heavy atom. The average molecular weight is 1550 g/mol. The molecule has 0 aromatic carbocycles. The lowest BCUT2D eigenvalue weighted by Gasteiger charge is -2.31. The number of hydrogen-bond donors (Lipinski definition) is 17. The Kier molecular flexibility index (Phi) is 43.5. The first-order valence-electron chi connectivity index (χ1n) is 38.8. The van der Waals surface area contributed by atoms with Crippen LogP contribution < -0.4 is 85.9 Å². The van der Waals surface area contributed by atoms with Crippen LogP contribution >= 0.6 is 0 Å². The number of carbonyl (C=O) groups excluding carboxylic acids is 15. The highest BCUT2D eigenvalue weighted by molar-refractivity contribution is 6.01. The van der Waals surface area contributed by atoms with Crippen molar-refractivity contribution in [3.8, 4) is 0 Å². The van der Waals surface area contributed by atoms with Gasteiger partial charge < -0.3 is 95.9 Å². The second kappa shape index (κ2) is 48.2. The number of nitrogens with one attached hydrogen (secondary N) is 14. The van der Waals surface area contributed by atoms with Crippen molar-refractivity contribution < 1.29 is 81.8 Å². The second-order valence-corrected chi connectivity index (χ2v) is 32.4. The number of likely N-dealkylation sites (tertiary alicyclic amines) is 1. The Morgan fingerprint density at radius 1 is 0.330 bits per heavy atom. The number of rotatable bonds is 48. The van der Waals surface area contributed by atoms with Gasteiger partial charge in [0.2, 0.25) is 88.6 Å². The van der Waals surface area contributed by atoms with Crippen LogP contribution in [0.3, 0.4) is 0 Å². The van der Waals surface area contributed by atoms with E-state index in [1.165, 1.54) is 46.4 Å². The normalized spacial score (nSPS) is 17.1. The van der Waals surface area contributed by atoms with Gasteiger partial charge in [0.15, 0.2) is 0 Å². The molecule has 0 aromatic rings. The number of amides is 15. The molecule has 19 N–H and O–H groups in total. The number of carboxylic acid groups (broad SMARTS) is 1. The van der Waals surface area contributed by atoms with Gasteiger partial charge in [-0.05, 0) is 166 Å². The molecule has 0 aromatic heterocycles. The molecule has 1 aliphatic rings. The number of aliphatic carboxylic acids is 1. The lowest BCUT2D eigenvalue weighted by molar-refractivity contribution is -0.143. The molecule has 15 amide bonds. The van der Waals surface area contributed by atoms with Crippen LogP contribution in [0.4, 0.5) is 0 Å². The maximum absolute atomic E-state index is 14.6. The molecule has 109 heavy (non-hydrogen) atoms. The van der Waals surface area contributed by atoms with Gasteiger partial charge in [0.1, 0.15) is 90.6 Å². The summed E-state index contributed by atoms with van der Waals surface area (Å²) in [4.78, 5) is 220. The van der Waals surface area contributed by atoms with Crippen LogP contribution in [-0.4, -0.2) is 214 Å². The fourth-order valence-corrected chi connectivity index (χ4v) is 12.0. The number of hydrogen-bond acceptors (Lipinski definition) is 18. The summed E-state index contributed by atoms with van der Waals surface area (Å²) in [7, 11) is 0. The molecule has 0 bridgehead atoms. The van der Waals surface area contributed by atoms with E-state index in [1.54, 1.807) is 27.7 Å². The molecule has 1 aliphatic heterocycles. The van der Waals surface area contributed by atoms with Crippen molar-refractivity contribution in [2.24, 2.45) is 58.8 Å². The molecule has 1 heterocycles. The zero-order valence-electron chi connectivity index (χ0n) is 68.6. The molecule has 622 valence electrons. The predicted molar refractivity (Wildman–Crippen MR) is 411 cm³/mol. The summed E-state index contributed by atoms with van der Waals surface area (Å²) < 4.78 is 0. The third-order valence-electron chi connectivity index (χ3n) is 18.1. The molecule has 16 atom stereocenters. The van der Waals surface area contributed by atoms with E-state index in [0.717, 1.165) is 0 Å². The predicted octanol–water partition coefficient (Wildman–Crippen LogP) is 0.0135. The average Bonchev–Trinajstić information content (AvgIpc) is 1.65. The number of unbranched alkanes of at least 4 members (excludes halogenated alkanes) is 1. The maximum Gasteiger partial charge on any atom is 0.326 e. The smallest absolute Gasteiger partial charge is 0.326 e. The highest BCUT2D eigenvalue weighted by Crippen LogP contribution is 2.22. The Bertz CT molecular complexity index is 3070. The first-order chi connectivity index (χ1) is 50.5. The Morgan fingerprint density at radius 3 is 0.917 bits per heavy atom. The lowest BCUT2D eigenvalue weighted by atomic mass is 9.98. The first-order valence-corrected chi connectivity index (χ1v) is 38.8. The van der Waals surface area contributed by atoms with Gasteiger partial charge >= 0.3 is 5.97 Å². The fourth-order valence-electron chi connectivity index (χ4n) is 12.0. The third-order valence-corrected chi connectivity index (χ3v) is 18.1. The van der Waals surface area contributed by atoms with Gasteiger partial charge in [0, 0.05) is 6.54 Å². The number of nitrogens with zero attached hydrogens (tertiary/aromatic N) is 1. The first kappa shape index (κ1) is 98.4. The van der Waals surface area contributed by atoms with Crippen LogP contribution in [0.1, 0.15) is 223 Å². The molecule has 34 nitrogen and oxygen atoms in total. The molecule has 0 unspecified atom stereocenters. The van der Waals surface area contributed by atoms with E-state index in [4.69, 9.17) is 11.5 Å². The van der Waals surface area contributed by atoms with E-state index in [-0.39, 0.29) is 93.4 Å². The minimum atomic E-state index is -1.29. The largest absolute Gasteiger partial charge is 0.480 e. The van der Waals surface area contributed by atoms with Crippen molar-refractivity contribution in [3.05, 3.63) is 0 Å². The third kappa shape index (κ3) is 35.8. The zero-order chi connectivity index (χ0) is 83.8. The van der Waals surface area contributed by atoms with Gasteiger partial charge in [-0.25, -0.2) is 4.79 Å². The monoisotopic (exact) mass is 1550 g/mol. The topological polar surface area (TPSA) is 517 Å². The summed E-state index contributed by atoms with van der Waals surface area (Å²) in [6.07, 6.45) is 2.34. The summed E-state index contributed by atoms with van der Waals surface area (Å²) in [5.74, 6) is -14.0. The molecular weight excluding hydrogens is 1410 g/mol. The van der Waals surface area contributed by atoms with E-state index < -0.39 is 203 Å². The molecule has 1 rings (SSSR count). The molecule has 0 saturated carbocycles. The molecule has 0 aliphatic carbocycles. The summed E-state index contributed by atoms with van der Waals surface area (Å²) in [6.45, 7) is 37.4. The zero-order valence-corrected chi connectivity index (χ0v) is 68.6. The van der Waals surface area contributed by atoms with E-state index in [2.05, 4.69) is 74.4 Å². The summed E-state index contributed by atoms with van der Waals surface area (Å²) in [6, 6.07) is -18.9. The van der Waals surface area contributed by atoms with Crippen LogP contribution in [0, 0.1) is 47.3 Å². The molecule has 1 fully saturated rings. The van der Waals surface area contributed by atoms with Gasteiger partial charge in [-0.1, -0.05) is 111 Å². The Balaban J connectivity index is 3.30. The Hall–Kier alpha value is -8.56. The minimum Gasteiger partial charge on any atom is -0.480 e. The fraction of sp³-hybridized carbons (Fsp3) is 0.787. The van der Waals surface area contributed by atoms with E-state index in [1.807, 2.05) is 83.1 Å². The molecule has 1 saturated heterocycles. The number of carbonyl (C=O) groups is 16. The number of carboxylic acids is 1. The molecule has 0 radical (unpaired) electrons. The minimum absolute atomic E-state index is 0.0761. The summed E-state index contributed by atoms with van der Waals surface area (Å²) >= 11 is 0. The van der Waals surface area contributed by atoms with Gasteiger partial charge in [-0.15, -0.1) is 0 Å². The maximum atomic E-state index is 14.6. The highest BCUT2D eigenvalue weighted by Gasteiger charge is 2.42. The van der Waals surface area contributed by atoms with Crippen molar-refractivity contribution >= 4 is 94.6 Å². The van der Waals surface area contributed by atoms with Crippen molar-refractivity contribution in [1.82, 2.24) is 79.3 Å². The summed E-state index contributed by atoms with van der Waals surface area (Å²) in [5.41, 5.74) is 11.2. The van der Waals surface area contributed by atoms with Gasteiger partial charge in [-0.3, -0.25) is 71.9 Å². The second-order valence-electron chi connectivity index (χ2n) is 32.4. The van der Waals surface area contributed by atoms with Crippen molar-refractivity contribution in [1.29, 1.82) is 0 Å². The quantitative estimate of drug-likeness (QED) is 0.0357. The van der Waals surface area contributed by atoms with Crippen molar-refractivity contribution in [3.63, 3.8) is 0 Å². The van der Waals surface area contributed by atoms with Crippen LogP contribution in [-0.2, 0) is 76.7 Å². The van der Waals surface area contributed by atoms with E-state index >= 15 is 0 Å². The lowest BCUT2D eigenvalue weighted by Crippen LogP contribution is -2.61. The molecule has 0 spiro atoms. The summed E-state index contributed by atoms with van der Waals surface area (Å²) in [5, 5.41) is 46.8. The van der Waals surface area contributed by atoms with E-state index in [0.29, 0.717) is 25.8 Å². The Labute approximate surface area is 644 Å². The highest BCUT2D eigenvalue weighted by atomic mass is 16.4. The molecule has 34 heteroatoms. The van der Waals surface area contributed by atoms with Gasteiger partial charge in [-0.2, -0.15) is 0 Å². The van der Waals surface area contributed by atoms with Gasteiger partial charge in [0.05, 0.1) is 6.04 Å². The van der Waals surface area contributed by atoms with Crippen LogP contribution in [0.5, 0.6) is 0 Å². The van der Waals surface area contributed by atoms with Crippen LogP contribution in [0.15, 0.2) is 0 Å². The van der Waals surface area contributed by atoms with Gasteiger partial charge in [0.25, 0.3) is 0 Å². The van der Waals surface area contributed by atoms with Crippen molar-refractivity contribution in [2.45, 2.75) is 320 Å². The van der Waals surface area contributed by atoms with E-state index in [9.17, 15) is 81.8 Å².